The summed E-state index contributed by atoms with van der Waals surface area (Å²) in [5, 5.41) is 14.3. The van der Waals surface area contributed by atoms with Crippen LogP contribution in [0.5, 0.6) is 0 Å². The highest BCUT2D eigenvalue weighted by Gasteiger charge is 2.19. The van der Waals surface area contributed by atoms with Crippen molar-refractivity contribution in [3.8, 4) is 0 Å². The van der Waals surface area contributed by atoms with Crippen LogP contribution < -0.4 is 0 Å². The smallest absolute Gasteiger partial charge is 0.0900 e. The van der Waals surface area contributed by atoms with E-state index in [-0.39, 0.29) is 0 Å². The molecule has 23 heavy (non-hydrogen) atoms. The zero-order valence-electron chi connectivity index (χ0n) is 13.3. The summed E-state index contributed by atoms with van der Waals surface area (Å²) in [6.07, 6.45) is -0.404. The molecule has 1 aliphatic rings. The van der Waals surface area contributed by atoms with Crippen molar-refractivity contribution < 1.29 is 9.84 Å². The zero-order chi connectivity index (χ0) is 15.9. The average molecular weight is 353 g/mol. The lowest BCUT2D eigenvalue weighted by atomic mass is 10.2. The van der Waals surface area contributed by atoms with Gasteiger partial charge in [-0.05, 0) is 22.9 Å². The summed E-state index contributed by atoms with van der Waals surface area (Å²) in [6, 6.07) is 8.40. The van der Waals surface area contributed by atoms with E-state index >= 15 is 0 Å². The third-order valence-corrected chi connectivity index (χ3v) is 5.74. The molecule has 0 spiro atoms. The van der Waals surface area contributed by atoms with Gasteiger partial charge in [-0.15, -0.1) is 22.7 Å². The summed E-state index contributed by atoms with van der Waals surface area (Å²) in [5.74, 6) is 0. The van der Waals surface area contributed by atoms with Crippen molar-refractivity contribution in [2.75, 3.05) is 39.3 Å². The number of β-amino-alcohol motifs (C(OH)–C–C–N with tert-alkyl or cyclic N) is 1. The molecule has 1 saturated heterocycles. The standard InChI is InChI=1S/C17H24N2O2S2/c20-15(13-21-14-17-4-2-10-23-17)11-18-5-7-19(8-6-18)12-16-3-1-9-22-16/h1-4,9-10,15,20H,5-8,11-14H2. The number of aliphatic hydroxyl groups is 1. The molecule has 0 bridgehead atoms. The number of hydrogen-bond acceptors (Lipinski definition) is 6. The Balaban J connectivity index is 1.30. The minimum absolute atomic E-state index is 0.404. The maximum Gasteiger partial charge on any atom is 0.0900 e. The summed E-state index contributed by atoms with van der Waals surface area (Å²) in [7, 11) is 0. The number of ether oxygens (including phenoxy) is 1. The van der Waals surface area contributed by atoms with Gasteiger partial charge in [0.15, 0.2) is 0 Å². The van der Waals surface area contributed by atoms with Gasteiger partial charge in [-0.2, -0.15) is 0 Å². The van der Waals surface area contributed by atoms with Crippen LogP contribution in [0.1, 0.15) is 9.75 Å². The molecule has 0 aliphatic carbocycles. The van der Waals surface area contributed by atoms with Crippen LogP contribution >= 0.6 is 22.7 Å². The first-order valence-electron chi connectivity index (χ1n) is 8.05. The number of piperazine rings is 1. The number of thiophene rings is 2. The molecular weight excluding hydrogens is 328 g/mol. The van der Waals surface area contributed by atoms with E-state index in [1.807, 2.05) is 22.8 Å². The highest BCUT2D eigenvalue weighted by Crippen LogP contribution is 2.14. The molecule has 126 valence electrons. The fourth-order valence-corrected chi connectivity index (χ4v) is 4.18. The van der Waals surface area contributed by atoms with Gasteiger partial charge in [-0.1, -0.05) is 12.1 Å². The monoisotopic (exact) mass is 352 g/mol. The first kappa shape index (κ1) is 17.1. The van der Waals surface area contributed by atoms with E-state index in [4.69, 9.17) is 4.74 Å². The van der Waals surface area contributed by atoms with Crippen LogP contribution in [-0.2, 0) is 17.9 Å². The lowest BCUT2D eigenvalue weighted by Gasteiger charge is -2.35. The van der Waals surface area contributed by atoms with E-state index in [2.05, 4.69) is 33.4 Å². The maximum absolute atomic E-state index is 10.1. The van der Waals surface area contributed by atoms with Crippen LogP contribution in [0.25, 0.3) is 0 Å². The highest BCUT2D eigenvalue weighted by molar-refractivity contribution is 7.10. The van der Waals surface area contributed by atoms with Gasteiger partial charge >= 0.3 is 0 Å². The van der Waals surface area contributed by atoms with Crippen molar-refractivity contribution in [3.63, 3.8) is 0 Å². The summed E-state index contributed by atoms with van der Waals surface area (Å²) in [6.45, 7) is 6.95. The first-order valence-corrected chi connectivity index (χ1v) is 9.81. The lowest BCUT2D eigenvalue weighted by Crippen LogP contribution is -2.48. The van der Waals surface area contributed by atoms with E-state index in [1.165, 1.54) is 9.75 Å². The molecule has 1 N–H and O–H groups in total. The molecule has 0 saturated carbocycles. The van der Waals surface area contributed by atoms with Gasteiger partial charge in [-0.25, -0.2) is 0 Å². The van der Waals surface area contributed by atoms with Gasteiger partial charge < -0.3 is 9.84 Å². The molecule has 3 heterocycles. The fraction of sp³-hybridized carbons (Fsp3) is 0.529. The van der Waals surface area contributed by atoms with Crippen molar-refractivity contribution >= 4 is 22.7 Å². The normalized spacial score (nSPS) is 18.3. The van der Waals surface area contributed by atoms with Crippen molar-refractivity contribution in [2.24, 2.45) is 0 Å². The van der Waals surface area contributed by atoms with Gasteiger partial charge in [0.05, 0.1) is 19.3 Å². The van der Waals surface area contributed by atoms with Crippen LogP contribution in [0.2, 0.25) is 0 Å². The fourth-order valence-electron chi connectivity index (χ4n) is 2.79. The Hall–Kier alpha value is -0.760. The SMILES string of the molecule is OC(COCc1cccs1)CN1CCN(Cc2cccs2)CC1. The van der Waals surface area contributed by atoms with Crippen LogP contribution in [0.3, 0.4) is 0 Å². The number of nitrogens with zero attached hydrogens (tertiary/aromatic N) is 2. The number of rotatable bonds is 8. The highest BCUT2D eigenvalue weighted by atomic mass is 32.1. The van der Waals surface area contributed by atoms with Crippen LogP contribution in [-0.4, -0.2) is 60.3 Å². The Kier molecular flexibility index (Phi) is 6.62. The predicted octanol–water partition coefficient (Wildman–Crippen LogP) is 2.50. The quantitative estimate of drug-likeness (QED) is 0.792. The van der Waals surface area contributed by atoms with E-state index in [1.54, 1.807) is 11.3 Å². The first-order chi connectivity index (χ1) is 11.3. The second-order valence-electron chi connectivity index (χ2n) is 5.90. The topological polar surface area (TPSA) is 35.9 Å². The molecule has 1 atom stereocenters. The van der Waals surface area contributed by atoms with Crippen LogP contribution in [0.4, 0.5) is 0 Å². The molecule has 3 rings (SSSR count). The molecule has 1 unspecified atom stereocenters. The van der Waals surface area contributed by atoms with Crippen molar-refractivity contribution in [1.29, 1.82) is 0 Å². The largest absolute Gasteiger partial charge is 0.389 e. The Bertz CT molecular complexity index is 537. The van der Waals surface area contributed by atoms with E-state index < -0.39 is 6.10 Å². The third kappa shape index (κ3) is 5.67. The number of hydrogen-bond donors (Lipinski definition) is 1. The molecule has 4 nitrogen and oxygen atoms in total. The van der Waals surface area contributed by atoms with Crippen molar-refractivity contribution in [1.82, 2.24) is 9.80 Å². The minimum Gasteiger partial charge on any atom is -0.389 e. The molecular formula is C17H24N2O2S2. The van der Waals surface area contributed by atoms with Crippen LogP contribution in [0, 0.1) is 0 Å². The second-order valence-corrected chi connectivity index (χ2v) is 7.97. The molecule has 0 aromatic carbocycles. The summed E-state index contributed by atoms with van der Waals surface area (Å²) >= 11 is 3.51. The molecule has 2 aromatic rings. The Morgan fingerprint density at radius 2 is 1.65 bits per heavy atom. The van der Waals surface area contributed by atoms with Gasteiger partial charge in [0.25, 0.3) is 0 Å². The summed E-state index contributed by atoms with van der Waals surface area (Å²) in [4.78, 5) is 7.46. The van der Waals surface area contributed by atoms with Gasteiger partial charge in [0.1, 0.15) is 0 Å². The minimum atomic E-state index is -0.404. The Labute approximate surface area is 145 Å². The lowest BCUT2D eigenvalue weighted by molar-refractivity contribution is 0.00159. The zero-order valence-corrected chi connectivity index (χ0v) is 14.9. The van der Waals surface area contributed by atoms with Gasteiger partial charge in [-0.3, -0.25) is 9.80 Å². The molecule has 2 aromatic heterocycles. The third-order valence-electron chi connectivity index (χ3n) is 4.03. The van der Waals surface area contributed by atoms with Crippen molar-refractivity contribution in [3.05, 3.63) is 44.8 Å². The Morgan fingerprint density at radius 3 is 2.30 bits per heavy atom. The van der Waals surface area contributed by atoms with E-state index in [0.29, 0.717) is 19.8 Å². The van der Waals surface area contributed by atoms with Gasteiger partial charge in [0, 0.05) is 49.0 Å². The van der Waals surface area contributed by atoms with Crippen molar-refractivity contribution in [2.45, 2.75) is 19.3 Å². The molecule has 1 fully saturated rings. The maximum atomic E-state index is 10.1. The molecule has 6 heteroatoms. The van der Waals surface area contributed by atoms with Crippen LogP contribution in [0.15, 0.2) is 35.0 Å². The van der Waals surface area contributed by atoms with E-state index in [9.17, 15) is 5.11 Å². The average Bonchev–Trinajstić information content (AvgIpc) is 3.23. The number of aliphatic hydroxyl groups excluding tert-OH is 1. The Morgan fingerprint density at radius 1 is 1.00 bits per heavy atom. The summed E-state index contributed by atoms with van der Waals surface area (Å²) in [5.41, 5.74) is 0. The van der Waals surface area contributed by atoms with E-state index in [0.717, 1.165) is 32.7 Å². The molecule has 0 amide bonds. The summed E-state index contributed by atoms with van der Waals surface area (Å²) < 4.78 is 5.60. The molecule has 1 aliphatic heterocycles. The van der Waals surface area contributed by atoms with Gasteiger partial charge in [0.2, 0.25) is 0 Å². The second kappa shape index (κ2) is 8.92. The predicted molar refractivity (Wildman–Crippen MR) is 96.0 cm³/mol. The molecule has 0 radical (unpaired) electrons.